The van der Waals surface area contributed by atoms with Crippen LogP contribution >= 0.6 is 23.1 Å². The third-order valence-electron chi connectivity index (χ3n) is 4.90. The topological polar surface area (TPSA) is 69.5 Å². The van der Waals surface area contributed by atoms with Crippen LogP contribution in [-0.4, -0.2) is 47.0 Å². The van der Waals surface area contributed by atoms with Crippen molar-refractivity contribution in [1.29, 1.82) is 0 Å². The van der Waals surface area contributed by atoms with E-state index in [4.69, 9.17) is 14.5 Å². The van der Waals surface area contributed by atoms with Crippen molar-refractivity contribution in [2.24, 2.45) is 0 Å². The minimum absolute atomic E-state index is 0.0227. The molecule has 1 amide bonds. The van der Waals surface area contributed by atoms with Gasteiger partial charge in [0, 0.05) is 30.4 Å². The normalized spacial score (nSPS) is 10.9. The predicted octanol–water partition coefficient (Wildman–Crippen LogP) is 4.73. The summed E-state index contributed by atoms with van der Waals surface area (Å²) in [6.45, 7) is 1.35. The van der Waals surface area contributed by atoms with Gasteiger partial charge in [-0.15, -0.1) is 11.8 Å². The van der Waals surface area contributed by atoms with E-state index in [1.165, 1.54) is 23.1 Å². The average Bonchev–Trinajstić information content (AvgIpc) is 3.50. The highest BCUT2D eigenvalue weighted by atomic mass is 32.2. The molecule has 0 radical (unpaired) electrons. The number of hydrogen-bond acceptors (Lipinski definition) is 7. The molecule has 0 spiro atoms. The Morgan fingerprint density at radius 2 is 2.00 bits per heavy atom. The predicted molar refractivity (Wildman–Crippen MR) is 129 cm³/mol. The van der Waals surface area contributed by atoms with Gasteiger partial charge in [-0.25, -0.2) is 9.97 Å². The van der Waals surface area contributed by atoms with Crippen LogP contribution in [0, 0.1) is 0 Å². The number of aryl methyl sites for hydroxylation is 1. The van der Waals surface area contributed by atoms with E-state index < -0.39 is 0 Å². The molecule has 0 aliphatic heterocycles. The summed E-state index contributed by atoms with van der Waals surface area (Å²) in [5, 5.41) is 0.690. The Morgan fingerprint density at radius 3 is 2.72 bits per heavy atom. The number of thioether (sulfide) groups is 1. The van der Waals surface area contributed by atoms with E-state index in [1.54, 1.807) is 31.6 Å². The average molecular weight is 469 g/mol. The summed E-state index contributed by atoms with van der Waals surface area (Å²) in [5.41, 5.74) is 0.783. The molecule has 2 heterocycles. The number of benzene rings is 2. The molecule has 0 aliphatic rings. The minimum Gasteiger partial charge on any atom is -0.497 e. The first-order chi connectivity index (χ1) is 15.7. The smallest absolute Gasteiger partial charge is 0.239 e. The van der Waals surface area contributed by atoms with E-state index >= 15 is 0 Å². The zero-order chi connectivity index (χ0) is 22.3. The molecular weight excluding hydrogens is 444 g/mol. The number of thiazole rings is 1. The lowest BCUT2D eigenvalue weighted by molar-refractivity contribution is -0.116. The first kappa shape index (κ1) is 22.2. The van der Waals surface area contributed by atoms with Crippen molar-refractivity contribution in [2.45, 2.75) is 17.9 Å². The number of hydrogen-bond donors (Lipinski definition) is 0. The minimum atomic E-state index is 0.0227. The number of carbonyl (C=O) groups excluding carboxylic acids is 1. The molecule has 0 saturated carbocycles. The molecule has 7 nitrogen and oxygen atoms in total. The molecule has 2 aromatic carbocycles. The van der Waals surface area contributed by atoms with Crippen molar-refractivity contribution < 1.29 is 14.3 Å². The van der Waals surface area contributed by atoms with E-state index in [0.29, 0.717) is 23.2 Å². The van der Waals surface area contributed by atoms with E-state index in [2.05, 4.69) is 4.98 Å². The molecule has 0 bridgehead atoms. The zero-order valence-corrected chi connectivity index (χ0v) is 19.6. The van der Waals surface area contributed by atoms with Crippen LogP contribution in [0.3, 0.4) is 0 Å². The third-order valence-corrected chi connectivity index (χ3v) is 6.94. The largest absolute Gasteiger partial charge is 0.497 e. The number of aromatic nitrogens is 3. The monoisotopic (exact) mass is 468 g/mol. The zero-order valence-electron chi connectivity index (χ0n) is 17.9. The Labute approximate surface area is 195 Å². The highest BCUT2D eigenvalue weighted by molar-refractivity contribution is 8.00. The highest BCUT2D eigenvalue weighted by Gasteiger charge is 2.21. The maximum Gasteiger partial charge on any atom is 0.239 e. The number of rotatable bonds is 10. The molecule has 0 unspecified atom stereocenters. The van der Waals surface area contributed by atoms with Crippen molar-refractivity contribution in [2.75, 3.05) is 31.4 Å². The van der Waals surface area contributed by atoms with Crippen LogP contribution in [-0.2, 0) is 11.3 Å². The van der Waals surface area contributed by atoms with Crippen LogP contribution in [0.2, 0.25) is 0 Å². The molecule has 9 heteroatoms. The number of nitrogens with zero attached hydrogens (tertiary/aromatic N) is 4. The van der Waals surface area contributed by atoms with Gasteiger partial charge in [0.05, 0.1) is 31.0 Å². The first-order valence-electron chi connectivity index (χ1n) is 10.1. The molecule has 0 fully saturated rings. The van der Waals surface area contributed by atoms with Gasteiger partial charge in [0.2, 0.25) is 5.91 Å². The Kier molecular flexibility index (Phi) is 7.28. The molecule has 0 saturated heterocycles. The second kappa shape index (κ2) is 10.5. The van der Waals surface area contributed by atoms with Crippen molar-refractivity contribution >= 4 is 44.4 Å². The van der Waals surface area contributed by atoms with Crippen molar-refractivity contribution in [3.05, 3.63) is 61.2 Å². The summed E-state index contributed by atoms with van der Waals surface area (Å²) in [6, 6.07) is 13.5. The summed E-state index contributed by atoms with van der Waals surface area (Å²) in [7, 11) is 3.27. The maximum absolute atomic E-state index is 13.3. The summed E-state index contributed by atoms with van der Waals surface area (Å²) in [4.78, 5) is 24.9. The lowest BCUT2D eigenvalue weighted by Gasteiger charge is -2.20. The molecule has 0 atom stereocenters. The Bertz CT molecular complexity index is 1160. The van der Waals surface area contributed by atoms with Gasteiger partial charge in [-0.2, -0.15) is 0 Å². The standard InChI is InChI=1S/C23H24N4O3S2/c1-29-17-7-9-18(10-8-17)31-15-21(28)27(13-4-12-26-14-11-24-16-26)23-25-22-19(30-2)5-3-6-20(22)32-23/h3,5-11,14,16H,4,12-13,15H2,1-2H3. The van der Waals surface area contributed by atoms with E-state index in [-0.39, 0.29) is 5.91 Å². The fourth-order valence-corrected chi connectivity index (χ4v) is 5.05. The molecule has 2 aromatic heterocycles. The second-order valence-corrected chi connectivity index (χ2v) is 9.02. The number of carbonyl (C=O) groups is 1. The maximum atomic E-state index is 13.3. The number of para-hydroxylation sites is 1. The van der Waals surface area contributed by atoms with Gasteiger partial charge >= 0.3 is 0 Å². The lowest BCUT2D eigenvalue weighted by atomic mass is 10.3. The quantitative estimate of drug-likeness (QED) is 0.314. The molecule has 4 aromatic rings. The fourth-order valence-electron chi connectivity index (χ4n) is 3.24. The highest BCUT2D eigenvalue weighted by Crippen LogP contribution is 2.34. The van der Waals surface area contributed by atoms with Crippen LogP contribution in [0.5, 0.6) is 11.5 Å². The summed E-state index contributed by atoms with van der Waals surface area (Å²) < 4.78 is 13.7. The van der Waals surface area contributed by atoms with Crippen molar-refractivity contribution in [3.63, 3.8) is 0 Å². The van der Waals surface area contributed by atoms with Crippen molar-refractivity contribution in [1.82, 2.24) is 14.5 Å². The first-order valence-corrected chi connectivity index (χ1v) is 11.9. The Morgan fingerprint density at radius 1 is 1.16 bits per heavy atom. The molecule has 32 heavy (non-hydrogen) atoms. The summed E-state index contributed by atoms with van der Waals surface area (Å²) in [6.07, 6.45) is 6.26. The van der Waals surface area contributed by atoms with E-state index in [1.807, 2.05) is 53.2 Å². The Hall–Kier alpha value is -3.04. The van der Waals surface area contributed by atoms with E-state index in [9.17, 15) is 4.79 Å². The second-order valence-electron chi connectivity index (χ2n) is 6.97. The van der Waals surface area contributed by atoms with Gasteiger partial charge in [0.25, 0.3) is 0 Å². The molecular formula is C23H24N4O3S2. The van der Waals surface area contributed by atoms with Crippen LogP contribution in [0.4, 0.5) is 5.13 Å². The molecule has 0 aliphatic carbocycles. The van der Waals surface area contributed by atoms with E-state index in [0.717, 1.165) is 33.8 Å². The fraction of sp³-hybridized carbons (Fsp3) is 0.261. The van der Waals surface area contributed by atoms with Gasteiger partial charge in [-0.1, -0.05) is 17.4 Å². The number of ether oxygens (including phenoxy) is 2. The number of imidazole rings is 1. The number of anilines is 1. The molecule has 0 N–H and O–H groups in total. The van der Waals surface area contributed by atoms with Crippen LogP contribution in [0.1, 0.15) is 6.42 Å². The lowest BCUT2D eigenvalue weighted by Crippen LogP contribution is -2.33. The van der Waals surface area contributed by atoms with Crippen LogP contribution in [0.25, 0.3) is 10.2 Å². The third kappa shape index (κ3) is 5.23. The number of amides is 1. The van der Waals surface area contributed by atoms with Gasteiger partial charge in [0.15, 0.2) is 5.13 Å². The van der Waals surface area contributed by atoms with Gasteiger partial charge in [0.1, 0.15) is 17.0 Å². The SMILES string of the molecule is COc1ccc(SCC(=O)N(CCCn2ccnc2)c2nc3c(OC)cccc3s2)cc1. The van der Waals surface area contributed by atoms with Crippen LogP contribution < -0.4 is 14.4 Å². The van der Waals surface area contributed by atoms with Gasteiger partial charge in [-0.3, -0.25) is 9.69 Å². The Balaban J connectivity index is 1.51. The number of methoxy groups -OCH3 is 2. The summed E-state index contributed by atoms with van der Waals surface area (Å²) in [5.74, 6) is 1.85. The van der Waals surface area contributed by atoms with Gasteiger partial charge < -0.3 is 14.0 Å². The molecule has 166 valence electrons. The molecule has 4 rings (SSSR count). The van der Waals surface area contributed by atoms with Crippen LogP contribution in [0.15, 0.2) is 66.1 Å². The number of fused-ring (bicyclic) bond motifs is 1. The summed E-state index contributed by atoms with van der Waals surface area (Å²) >= 11 is 3.01. The van der Waals surface area contributed by atoms with Gasteiger partial charge in [-0.05, 0) is 42.8 Å². The van der Waals surface area contributed by atoms with Crippen molar-refractivity contribution in [3.8, 4) is 11.5 Å².